The van der Waals surface area contributed by atoms with Crippen LogP contribution in [0.2, 0.25) is 0 Å². The van der Waals surface area contributed by atoms with Crippen LogP contribution in [0.25, 0.3) is 0 Å². The van der Waals surface area contributed by atoms with Crippen molar-refractivity contribution < 1.29 is 14.7 Å². The fourth-order valence-corrected chi connectivity index (χ4v) is 3.48. The van der Waals surface area contributed by atoms with Crippen LogP contribution in [-0.4, -0.2) is 33.0 Å². The van der Waals surface area contributed by atoms with Crippen molar-refractivity contribution >= 4 is 40.2 Å². The predicted octanol–water partition coefficient (Wildman–Crippen LogP) is 1.86. The number of aromatic nitrogens is 2. The number of hydrogen-bond acceptors (Lipinski definition) is 7. The number of carbonyl (C=O) groups is 2. The third-order valence-corrected chi connectivity index (χ3v) is 4.61. The van der Waals surface area contributed by atoms with E-state index in [1.54, 1.807) is 0 Å². The van der Waals surface area contributed by atoms with Crippen molar-refractivity contribution in [1.29, 1.82) is 0 Å². The molecule has 0 aliphatic carbocycles. The van der Waals surface area contributed by atoms with Gasteiger partial charge in [0.05, 0.1) is 11.2 Å². The summed E-state index contributed by atoms with van der Waals surface area (Å²) in [6.45, 7) is 7.60. The number of thioether (sulfide) groups is 1. The summed E-state index contributed by atoms with van der Waals surface area (Å²) in [5.41, 5.74) is -0.355. The topological polar surface area (TPSA) is 107 Å². The maximum Gasteiger partial charge on any atom is 0.321 e. The van der Waals surface area contributed by atoms with E-state index in [2.05, 4.69) is 20.8 Å². The maximum absolute atomic E-state index is 11.7. The van der Waals surface area contributed by atoms with Crippen LogP contribution in [0.15, 0.2) is 4.34 Å². The molecule has 1 heterocycles. The van der Waals surface area contributed by atoms with Crippen molar-refractivity contribution in [3.05, 3.63) is 0 Å². The average molecular weight is 345 g/mol. The van der Waals surface area contributed by atoms with Crippen LogP contribution in [0, 0.1) is 0 Å². The third kappa shape index (κ3) is 7.08. The summed E-state index contributed by atoms with van der Waals surface area (Å²) >= 11 is 2.25. The molecular weight excluding hydrogens is 324 g/mol. The Morgan fingerprint density at radius 3 is 2.59 bits per heavy atom. The minimum absolute atomic E-state index is 0.330. The van der Waals surface area contributed by atoms with E-state index in [0.29, 0.717) is 15.9 Å². The van der Waals surface area contributed by atoms with Crippen LogP contribution < -0.4 is 15.7 Å². The van der Waals surface area contributed by atoms with E-state index in [0.717, 1.165) is 35.9 Å². The quantitative estimate of drug-likeness (QED) is 0.577. The number of rotatable bonds is 7. The lowest BCUT2D eigenvalue weighted by molar-refractivity contribution is -0.304. The van der Waals surface area contributed by atoms with Crippen molar-refractivity contribution in [2.24, 2.45) is 0 Å². The largest absolute Gasteiger partial charge is 0.549 e. The molecule has 1 aromatic rings. The standard InChI is InChI=1S/C13H22N4O3S2/c1-5-6-7-8(9(18)19)21-12-17-16-11(22-12)14-10(20)15-13(2,3)4/h8H,5-7H2,1-4H3,(H,18,19)(H2,14,15,16,20)/p-1/t8-/m1/s1. The highest BCUT2D eigenvalue weighted by Crippen LogP contribution is 2.31. The van der Waals surface area contributed by atoms with E-state index in [4.69, 9.17) is 0 Å². The van der Waals surface area contributed by atoms with Gasteiger partial charge in [-0.15, -0.1) is 10.2 Å². The van der Waals surface area contributed by atoms with Crippen molar-refractivity contribution in [3.8, 4) is 0 Å². The summed E-state index contributed by atoms with van der Waals surface area (Å²) in [5.74, 6) is -1.10. The number of hydrogen-bond donors (Lipinski definition) is 2. The number of aliphatic carboxylic acids is 1. The fourth-order valence-electron chi connectivity index (χ4n) is 1.51. The average Bonchev–Trinajstić information content (AvgIpc) is 2.78. The van der Waals surface area contributed by atoms with Crippen molar-refractivity contribution in [2.75, 3.05) is 5.32 Å². The van der Waals surface area contributed by atoms with E-state index < -0.39 is 11.2 Å². The van der Waals surface area contributed by atoms with E-state index >= 15 is 0 Å². The Kier molecular flexibility index (Phi) is 7.08. The number of carboxylic acids is 1. The zero-order chi connectivity index (χ0) is 16.8. The summed E-state index contributed by atoms with van der Waals surface area (Å²) in [7, 11) is 0. The molecule has 22 heavy (non-hydrogen) atoms. The second-order valence-corrected chi connectivity index (χ2v) is 8.20. The van der Waals surface area contributed by atoms with Gasteiger partial charge in [-0.3, -0.25) is 5.32 Å². The predicted molar refractivity (Wildman–Crippen MR) is 86.0 cm³/mol. The first-order valence-corrected chi connectivity index (χ1v) is 8.71. The number of urea groups is 1. The number of anilines is 1. The summed E-state index contributed by atoms with van der Waals surface area (Å²) in [5, 5.41) is 23.8. The van der Waals surface area contributed by atoms with Crippen LogP contribution in [0.5, 0.6) is 0 Å². The Morgan fingerprint density at radius 2 is 2.05 bits per heavy atom. The molecule has 0 unspecified atom stereocenters. The molecule has 0 radical (unpaired) electrons. The zero-order valence-electron chi connectivity index (χ0n) is 13.1. The Morgan fingerprint density at radius 1 is 1.36 bits per heavy atom. The molecule has 124 valence electrons. The Balaban J connectivity index is 2.59. The molecule has 2 amide bonds. The van der Waals surface area contributed by atoms with E-state index in [-0.39, 0.29) is 11.6 Å². The molecular formula is C13H21N4O3S2-. The number of amides is 2. The summed E-state index contributed by atoms with van der Waals surface area (Å²) < 4.78 is 0.497. The first-order chi connectivity index (χ1) is 10.2. The number of unbranched alkanes of at least 4 members (excludes halogenated alkanes) is 1. The SMILES string of the molecule is CCCC[C@@H](Sc1nnc(NC(=O)NC(C)(C)C)s1)C(=O)[O-]. The number of nitrogens with zero attached hydrogens (tertiary/aromatic N) is 2. The summed E-state index contributed by atoms with van der Waals surface area (Å²) in [4.78, 5) is 22.8. The lowest BCUT2D eigenvalue weighted by atomic mass is 10.1. The van der Waals surface area contributed by atoms with Gasteiger partial charge in [-0.1, -0.05) is 42.9 Å². The maximum atomic E-state index is 11.7. The molecule has 1 aromatic heterocycles. The van der Waals surface area contributed by atoms with E-state index in [1.165, 1.54) is 0 Å². The van der Waals surface area contributed by atoms with E-state index in [9.17, 15) is 14.7 Å². The second kappa shape index (κ2) is 8.33. The first kappa shape index (κ1) is 18.7. The molecule has 9 heteroatoms. The number of nitrogens with one attached hydrogen (secondary N) is 2. The minimum Gasteiger partial charge on any atom is -0.549 e. The Labute approximate surface area is 138 Å². The Bertz CT molecular complexity index is 514. The van der Waals surface area contributed by atoms with Crippen LogP contribution in [0.1, 0.15) is 47.0 Å². The lowest BCUT2D eigenvalue weighted by Crippen LogP contribution is -2.43. The molecule has 0 aliphatic rings. The van der Waals surface area contributed by atoms with Crippen LogP contribution in [-0.2, 0) is 4.79 Å². The number of carboxylic acid groups (broad SMARTS) is 1. The van der Waals surface area contributed by atoms with Gasteiger partial charge in [-0.05, 0) is 27.2 Å². The van der Waals surface area contributed by atoms with Crippen molar-refractivity contribution in [2.45, 2.75) is 62.1 Å². The highest BCUT2D eigenvalue weighted by Gasteiger charge is 2.17. The van der Waals surface area contributed by atoms with Crippen LogP contribution >= 0.6 is 23.1 Å². The molecule has 0 fully saturated rings. The third-order valence-electron chi connectivity index (χ3n) is 2.44. The first-order valence-electron chi connectivity index (χ1n) is 7.01. The molecule has 0 saturated heterocycles. The van der Waals surface area contributed by atoms with Gasteiger partial charge in [0.1, 0.15) is 0 Å². The van der Waals surface area contributed by atoms with Gasteiger partial charge in [-0.25, -0.2) is 4.79 Å². The normalized spacial score (nSPS) is 12.7. The van der Waals surface area contributed by atoms with Crippen LogP contribution in [0.4, 0.5) is 9.93 Å². The van der Waals surface area contributed by atoms with Crippen molar-refractivity contribution in [1.82, 2.24) is 15.5 Å². The van der Waals surface area contributed by atoms with Gasteiger partial charge in [0.15, 0.2) is 4.34 Å². The molecule has 1 rings (SSSR count). The highest BCUT2D eigenvalue weighted by atomic mass is 32.2. The van der Waals surface area contributed by atoms with Crippen LogP contribution in [0.3, 0.4) is 0 Å². The Hall–Kier alpha value is -1.35. The van der Waals surface area contributed by atoms with Gasteiger partial charge in [0.2, 0.25) is 5.13 Å². The van der Waals surface area contributed by atoms with Gasteiger partial charge in [0, 0.05) is 5.54 Å². The second-order valence-electron chi connectivity index (χ2n) is 5.77. The minimum atomic E-state index is -1.10. The molecule has 2 N–H and O–H groups in total. The number of carbonyl (C=O) groups excluding carboxylic acids is 2. The molecule has 0 saturated carbocycles. The molecule has 0 aliphatic heterocycles. The molecule has 1 atom stereocenters. The van der Waals surface area contributed by atoms with Crippen molar-refractivity contribution in [3.63, 3.8) is 0 Å². The fraction of sp³-hybridized carbons (Fsp3) is 0.692. The summed E-state index contributed by atoms with van der Waals surface area (Å²) in [6, 6.07) is -0.373. The van der Waals surface area contributed by atoms with Gasteiger partial charge in [-0.2, -0.15) is 0 Å². The van der Waals surface area contributed by atoms with Gasteiger partial charge >= 0.3 is 6.03 Å². The molecule has 7 nitrogen and oxygen atoms in total. The van der Waals surface area contributed by atoms with E-state index in [1.807, 2.05) is 27.7 Å². The highest BCUT2D eigenvalue weighted by molar-refractivity contribution is 8.02. The summed E-state index contributed by atoms with van der Waals surface area (Å²) in [6.07, 6.45) is 2.25. The lowest BCUT2D eigenvalue weighted by Gasteiger charge is -2.19. The molecule has 0 bridgehead atoms. The zero-order valence-corrected chi connectivity index (χ0v) is 14.8. The van der Waals surface area contributed by atoms with Gasteiger partial charge < -0.3 is 15.2 Å². The van der Waals surface area contributed by atoms with Gasteiger partial charge in [0.25, 0.3) is 0 Å². The molecule has 0 spiro atoms. The smallest absolute Gasteiger partial charge is 0.321 e. The molecule has 0 aromatic carbocycles. The monoisotopic (exact) mass is 345 g/mol.